The summed E-state index contributed by atoms with van der Waals surface area (Å²) in [5.41, 5.74) is 1.97. The Kier molecular flexibility index (Phi) is 6.57. The first-order chi connectivity index (χ1) is 15.7. The van der Waals surface area contributed by atoms with Crippen LogP contribution < -0.4 is 5.32 Å². The Morgan fingerprint density at radius 2 is 1.91 bits per heavy atom. The van der Waals surface area contributed by atoms with Crippen molar-refractivity contribution in [3.05, 3.63) is 70.5 Å². The number of aromatic nitrogens is 2. The zero-order chi connectivity index (χ0) is 23.6. The van der Waals surface area contributed by atoms with E-state index in [1.165, 1.54) is 11.3 Å². The van der Waals surface area contributed by atoms with E-state index in [0.717, 1.165) is 16.1 Å². The number of pyridine rings is 1. The molecule has 1 aromatic carbocycles. The lowest BCUT2D eigenvalue weighted by Crippen LogP contribution is -2.36. The van der Waals surface area contributed by atoms with Crippen molar-refractivity contribution in [2.24, 2.45) is 0 Å². The van der Waals surface area contributed by atoms with Gasteiger partial charge in [0, 0.05) is 24.0 Å². The fraction of sp³-hybridized carbons (Fsp3) is 0.304. The summed E-state index contributed by atoms with van der Waals surface area (Å²) in [5.74, 6) is -0.356. The lowest BCUT2D eigenvalue weighted by Gasteiger charge is -2.26. The van der Waals surface area contributed by atoms with Gasteiger partial charge in [-0.2, -0.15) is 0 Å². The number of amides is 2. The Labute approximate surface area is 196 Å². The van der Waals surface area contributed by atoms with Crippen LogP contribution in [0.1, 0.15) is 40.5 Å². The van der Waals surface area contributed by atoms with Crippen LogP contribution in [0.15, 0.2) is 53.6 Å². The summed E-state index contributed by atoms with van der Waals surface area (Å²) in [5, 5.41) is 2.78. The summed E-state index contributed by atoms with van der Waals surface area (Å²) in [7, 11) is -3.34. The highest BCUT2D eigenvalue weighted by atomic mass is 32.2. The molecule has 3 aromatic rings. The predicted octanol–water partition coefficient (Wildman–Crippen LogP) is 3.10. The summed E-state index contributed by atoms with van der Waals surface area (Å²) >= 11 is 1.36. The van der Waals surface area contributed by atoms with Crippen molar-refractivity contribution < 1.29 is 18.0 Å². The SMILES string of the molecule is CC(C)S(=O)(=O)c1ccc(CC(=O)N2CCc3nc(NC(=O)c4ccccn4)sc3C2)cc1. The summed E-state index contributed by atoms with van der Waals surface area (Å²) in [6.07, 6.45) is 2.37. The molecular formula is C23H24N4O4S2. The molecule has 0 radical (unpaired) electrons. The normalized spacial score (nSPS) is 13.6. The van der Waals surface area contributed by atoms with Gasteiger partial charge in [-0.05, 0) is 43.7 Å². The minimum absolute atomic E-state index is 0.0346. The first kappa shape index (κ1) is 23.1. The molecule has 0 spiro atoms. The number of rotatable bonds is 6. The Balaban J connectivity index is 1.39. The van der Waals surface area contributed by atoms with Crippen LogP contribution in [0.3, 0.4) is 0 Å². The van der Waals surface area contributed by atoms with E-state index in [1.807, 2.05) is 0 Å². The molecule has 172 valence electrons. The van der Waals surface area contributed by atoms with Crippen molar-refractivity contribution in [1.82, 2.24) is 14.9 Å². The van der Waals surface area contributed by atoms with E-state index in [1.54, 1.807) is 67.4 Å². The molecule has 2 aromatic heterocycles. The van der Waals surface area contributed by atoms with Crippen molar-refractivity contribution in [2.45, 2.75) is 43.4 Å². The number of carbonyl (C=O) groups excluding carboxylic acids is 2. The van der Waals surface area contributed by atoms with Gasteiger partial charge in [-0.1, -0.05) is 29.5 Å². The highest BCUT2D eigenvalue weighted by Gasteiger charge is 2.25. The van der Waals surface area contributed by atoms with Crippen molar-refractivity contribution in [3.8, 4) is 0 Å². The largest absolute Gasteiger partial charge is 0.337 e. The minimum Gasteiger partial charge on any atom is -0.337 e. The van der Waals surface area contributed by atoms with Crippen LogP contribution in [0.25, 0.3) is 0 Å². The Bertz CT molecular complexity index is 1270. The van der Waals surface area contributed by atoms with Gasteiger partial charge in [-0.3, -0.25) is 19.9 Å². The van der Waals surface area contributed by atoms with E-state index >= 15 is 0 Å². The molecule has 1 aliphatic rings. The van der Waals surface area contributed by atoms with Crippen molar-refractivity contribution in [2.75, 3.05) is 11.9 Å². The highest BCUT2D eigenvalue weighted by molar-refractivity contribution is 7.92. The van der Waals surface area contributed by atoms with Crippen molar-refractivity contribution in [3.63, 3.8) is 0 Å². The third kappa shape index (κ3) is 5.12. The fourth-order valence-electron chi connectivity index (χ4n) is 3.48. The molecule has 1 N–H and O–H groups in total. The van der Waals surface area contributed by atoms with Crippen molar-refractivity contribution in [1.29, 1.82) is 0 Å². The number of carbonyl (C=O) groups is 2. The number of sulfone groups is 1. The third-order valence-electron chi connectivity index (χ3n) is 5.43. The standard InChI is InChI=1S/C23H24N4O4S2/c1-15(2)33(30,31)17-8-6-16(7-9-17)13-21(28)27-12-10-18-20(14-27)32-23(25-18)26-22(29)19-5-3-4-11-24-19/h3-9,11,15H,10,12-14H2,1-2H3,(H,25,26,29). The van der Waals surface area contributed by atoms with Crippen LogP contribution >= 0.6 is 11.3 Å². The Hall–Kier alpha value is -3.11. The van der Waals surface area contributed by atoms with Gasteiger partial charge in [0.05, 0.1) is 28.8 Å². The number of thiazole rings is 1. The maximum absolute atomic E-state index is 12.9. The molecule has 4 rings (SSSR count). The second-order valence-corrected chi connectivity index (χ2v) is 11.6. The molecule has 0 aliphatic carbocycles. The third-order valence-corrected chi connectivity index (χ3v) is 8.60. The van der Waals surface area contributed by atoms with Gasteiger partial charge in [0.25, 0.3) is 5.91 Å². The molecule has 1 aliphatic heterocycles. The summed E-state index contributed by atoms with van der Waals surface area (Å²) < 4.78 is 24.5. The summed E-state index contributed by atoms with van der Waals surface area (Å²) in [6.45, 7) is 4.27. The number of anilines is 1. The summed E-state index contributed by atoms with van der Waals surface area (Å²) in [6, 6.07) is 11.6. The van der Waals surface area contributed by atoms with Crippen LogP contribution in [-0.4, -0.2) is 46.9 Å². The van der Waals surface area contributed by atoms with Gasteiger partial charge in [0.15, 0.2) is 15.0 Å². The molecule has 0 unspecified atom stereocenters. The first-order valence-electron chi connectivity index (χ1n) is 10.6. The highest BCUT2D eigenvalue weighted by Crippen LogP contribution is 2.29. The average molecular weight is 485 g/mol. The second-order valence-electron chi connectivity index (χ2n) is 8.04. The van der Waals surface area contributed by atoms with E-state index in [0.29, 0.717) is 30.3 Å². The lowest BCUT2D eigenvalue weighted by atomic mass is 10.1. The lowest BCUT2D eigenvalue weighted by molar-refractivity contribution is -0.131. The molecule has 2 amide bonds. The van der Waals surface area contributed by atoms with Crippen LogP contribution in [0, 0.1) is 0 Å². The van der Waals surface area contributed by atoms with Gasteiger partial charge in [0.1, 0.15) is 5.69 Å². The Morgan fingerprint density at radius 1 is 1.15 bits per heavy atom. The van der Waals surface area contributed by atoms with Crippen LogP contribution in [0.4, 0.5) is 5.13 Å². The van der Waals surface area contributed by atoms with Crippen molar-refractivity contribution >= 4 is 38.1 Å². The zero-order valence-corrected chi connectivity index (χ0v) is 19.9. The number of benzene rings is 1. The van der Waals surface area contributed by atoms with Crippen LogP contribution in [0.5, 0.6) is 0 Å². The number of nitrogens with zero attached hydrogens (tertiary/aromatic N) is 3. The van der Waals surface area contributed by atoms with E-state index in [4.69, 9.17) is 0 Å². The molecule has 0 atom stereocenters. The monoisotopic (exact) mass is 484 g/mol. The molecule has 8 nitrogen and oxygen atoms in total. The predicted molar refractivity (Wildman–Crippen MR) is 126 cm³/mol. The number of hydrogen-bond donors (Lipinski definition) is 1. The van der Waals surface area contributed by atoms with Gasteiger partial charge in [-0.15, -0.1) is 0 Å². The molecular weight excluding hydrogens is 460 g/mol. The number of nitrogens with one attached hydrogen (secondary N) is 1. The quantitative estimate of drug-likeness (QED) is 0.576. The van der Waals surface area contributed by atoms with Gasteiger partial charge < -0.3 is 4.90 Å². The smallest absolute Gasteiger partial charge is 0.276 e. The van der Waals surface area contributed by atoms with E-state index in [9.17, 15) is 18.0 Å². The zero-order valence-electron chi connectivity index (χ0n) is 18.3. The maximum Gasteiger partial charge on any atom is 0.276 e. The first-order valence-corrected chi connectivity index (χ1v) is 12.9. The molecule has 0 bridgehead atoms. The maximum atomic E-state index is 12.9. The molecule has 33 heavy (non-hydrogen) atoms. The van der Waals surface area contributed by atoms with Gasteiger partial charge in [0.2, 0.25) is 5.91 Å². The van der Waals surface area contributed by atoms with E-state index in [2.05, 4.69) is 15.3 Å². The topological polar surface area (TPSA) is 109 Å². The molecule has 0 saturated carbocycles. The average Bonchev–Trinajstić information content (AvgIpc) is 3.21. The minimum atomic E-state index is -3.34. The van der Waals surface area contributed by atoms with Crippen LogP contribution in [-0.2, 0) is 34.0 Å². The molecule has 0 saturated heterocycles. The molecule has 3 heterocycles. The summed E-state index contributed by atoms with van der Waals surface area (Å²) in [4.78, 5) is 36.7. The molecule has 0 fully saturated rings. The van der Waals surface area contributed by atoms with E-state index in [-0.39, 0.29) is 23.1 Å². The second kappa shape index (κ2) is 9.40. The van der Waals surface area contributed by atoms with Gasteiger partial charge in [-0.25, -0.2) is 13.4 Å². The van der Waals surface area contributed by atoms with Crippen LogP contribution in [0.2, 0.25) is 0 Å². The molecule has 10 heteroatoms. The number of fused-ring (bicyclic) bond motifs is 1. The van der Waals surface area contributed by atoms with E-state index < -0.39 is 15.1 Å². The Morgan fingerprint density at radius 3 is 2.58 bits per heavy atom. The van der Waals surface area contributed by atoms with Gasteiger partial charge >= 0.3 is 0 Å². The number of hydrogen-bond acceptors (Lipinski definition) is 7. The fourth-order valence-corrected chi connectivity index (χ4v) is 5.55.